The second-order valence-corrected chi connectivity index (χ2v) is 5.27. The highest BCUT2D eigenvalue weighted by Crippen LogP contribution is 2.30. The monoisotopic (exact) mass is 255 g/mol. The highest BCUT2D eigenvalue weighted by molar-refractivity contribution is 5.67. The molecule has 0 atom stereocenters. The fourth-order valence-corrected chi connectivity index (χ4v) is 2.85. The van der Waals surface area contributed by atoms with Gasteiger partial charge >= 0.3 is 0 Å². The van der Waals surface area contributed by atoms with Crippen molar-refractivity contribution in [2.24, 2.45) is 0 Å². The highest BCUT2D eigenvalue weighted by atomic mass is 16.3. The van der Waals surface area contributed by atoms with E-state index in [1.165, 1.54) is 41.5 Å². The van der Waals surface area contributed by atoms with Gasteiger partial charge in [0.2, 0.25) is 0 Å². The summed E-state index contributed by atoms with van der Waals surface area (Å²) in [6, 6.07) is 8.95. The van der Waals surface area contributed by atoms with Crippen molar-refractivity contribution >= 4 is 0 Å². The molecule has 0 fully saturated rings. The molecule has 1 aliphatic rings. The lowest BCUT2D eigenvalue weighted by molar-refractivity contribution is 0.484. The zero-order chi connectivity index (χ0) is 13.1. The van der Waals surface area contributed by atoms with Crippen LogP contribution in [0.3, 0.4) is 0 Å². The Kier molecular flexibility index (Phi) is 3.69. The summed E-state index contributed by atoms with van der Waals surface area (Å²) in [5.74, 6) is 1.05. The Hall–Kier alpha value is -1.54. The van der Waals surface area contributed by atoms with Gasteiger partial charge in [-0.05, 0) is 55.0 Å². The summed E-state index contributed by atoms with van der Waals surface area (Å²) in [5.41, 5.74) is 5.57. The Balaban J connectivity index is 1.84. The number of aryl methyl sites for hydroxylation is 2. The van der Waals surface area contributed by atoms with Crippen molar-refractivity contribution in [1.82, 2.24) is 5.32 Å². The summed E-state index contributed by atoms with van der Waals surface area (Å²) >= 11 is 0. The number of hydrogen-bond acceptors (Lipinski definition) is 2. The second kappa shape index (κ2) is 5.62. The van der Waals surface area contributed by atoms with Crippen LogP contribution < -0.4 is 5.32 Å². The van der Waals surface area contributed by atoms with E-state index in [-0.39, 0.29) is 0 Å². The first kappa shape index (κ1) is 12.5. The number of benzene rings is 1. The molecule has 1 aromatic heterocycles. The molecule has 100 valence electrons. The molecule has 0 saturated heterocycles. The quantitative estimate of drug-likeness (QED) is 0.819. The van der Waals surface area contributed by atoms with Crippen molar-refractivity contribution in [3.8, 4) is 11.1 Å². The third kappa shape index (κ3) is 2.59. The Morgan fingerprint density at radius 3 is 2.95 bits per heavy atom. The first-order valence-corrected chi connectivity index (χ1v) is 7.27. The van der Waals surface area contributed by atoms with Crippen LogP contribution in [0, 0.1) is 0 Å². The Labute approximate surface area is 114 Å². The van der Waals surface area contributed by atoms with Crippen LogP contribution in [0.4, 0.5) is 0 Å². The zero-order valence-electron chi connectivity index (χ0n) is 11.5. The minimum atomic E-state index is 0.813. The molecule has 0 saturated carbocycles. The lowest BCUT2D eigenvalue weighted by Gasteiger charge is -2.06. The summed E-state index contributed by atoms with van der Waals surface area (Å²) in [6.45, 7) is 4.02. The molecule has 0 unspecified atom stereocenters. The Morgan fingerprint density at radius 2 is 2.05 bits per heavy atom. The molecule has 0 amide bonds. The van der Waals surface area contributed by atoms with E-state index in [0.717, 1.165) is 25.3 Å². The SMILES string of the molecule is CCCNCc1occc1-c1ccc2c(c1)CCC2. The fraction of sp³-hybridized carbons (Fsp3) is 0.412. The van der Waals surface area contributed by atoms with Crippen LogP contribution in [0.1, 0.15) is 36.7 Å². The third-order valence-corrected chi connectivity index (χ3v) is 3.87. The fourth-order valence-electron chi connectivity index (χ4n) is 2.85. The highest BCUT2D eigenvalue weighted by Gasteiger charge is 2.14. The van der Waals surface area contributed by atoms with Gasteiger partial charge in [-0.15, -0.1) is 0 Å². The zero-order valence-corrected chi connectivity index (χ0v) is 11.5. The molecule has 1 heterocycles. The van der Waals surface area contributed by atoms with E-state index in [2.05, 4.69) is 36.5 Å². The second-order valence-electron chi connectivity index (χ2n) is 5.27. The van der Waals surface area contributed by atoms with E-state index < -0.39 is 0 Å². The van der Waals surface area contributed by atoms with Crippen molar-refractivity contribution in [2.75, 3.05) is 6.54 Å². The predicted octanol–water partition coefficient (Wildman–Crippen LogP) is 3.93. The van der Waals surface area contributed by atoms with Crippen molar-refractivity contribution in [1.29, 1.82) is 0 Å². The molecule has 1 N–H and O–H groups in total. The first-order chi connectivity index (χ1) is 9.38. The van der Waals surface area contributed by atoms with Crippen LogP contribution in [-0.4, -0.2) is 6.54 Å². The van der Waals surface area contributed by atoms with Crippen LogP contribution in [0.5, 0.6) is 0 Å². The van der Waals surface area contributed by atoms with Gasteiger partial charge < -0.3 is 9.73 Å². The van der Waals surface area contributed by atoms with Gasteiger partial charge in [0, 0.05) is 5.56 Å². The molecule has 0 aliphatic heterocycles. The van der Waals surface area contributed by atoms with Crippen LogP contribution in [0.25, 0.3) is 11.1 Å². The number of furan rings is 1. The standard InChI is InChI=1S/C17H21NO/c1-2-9-18-12-17-16(8-10-19-17)15-7-6-13-4-3-5-14(13)11-15/h6-8,10-11,18H,2-5,9,12H2,1H3. The molecule has 1 aromatic carbocycles. The molecular weight excluding hydrogens is 234 g/mol. The van der Waals surface area contributed by atoms with Gasteiger partial charge in [0.25, 0.3) is 0 Å². The number of hydrogen-bond donors (Lipinski definition) is 1. The Morgan fingerprint density at radius 1 is 1.16 bits per heavy atom. The van der Waals surface area contributed by atoms with Crippen molar-refractivity contribution < 1.29 is 4.42 Å². The van der Waals surface area contributed by atoms with Gasteiger partial charge in [-0.3, -0.25) is 0 Å². The average molecular weight is 255 g/mol. The molecule has 19 heavy (non-hydrogen) atoms. The molecule has 0 spiro atoms. The molecule has 2 heteroatoms. The molecule has 0 radical (unpaired) electrons. The average Bonchev–Trinajstić information content (AvgIpc) is 3.06. The lowest BCUT2D eigenvalue weighted by Crippen LogP contribution is -2.13. The van der Waals surface area contributed by atoms with Crippen molar-refractivity contribution in [3.05, 3.63) is 47.4 Å². The van der Waals surface area contributed by atoms with Gasteiger partial charge in [-0.1, -0.05) is 25.1 Å². The van der Waals surface area contributed by atoms with Gasteiger partial charge in [-0.2, -0.15) is 0 Å². The van der Waals surface area contributed by atoms with Crippen LogP contribution >= 0.6 is 0 Å². The maximum absolute atomic E-state index is 5.62. The molecule has 1 aliphatic carbocycles. The normalized spacial score (nSPS) is 13.7. The summed E-state index contributed by atoms with van der Waals surface area (Å²) in [5, 5.41) is 3.41. The minimum Gasteiger partial charge on any atom is -0.467 e. The van der Waals surface area contributed by atoms with Crippen molar-refractivity contribution in [2.45, 2.75) is 39.2 Å². The summed E-state index contributed by atoms with van der Waals surface area (Å²) in [7, 11) is 0. The minimum absolute atomic E-state index is 0.813. The van der Waals surface area contributed by atoms with Crippen LogP contribution in [0.2, 0.25) is 0 Å². The molecule has 2 aromatic rings. The van der Waals surface area contributed by atoms with Gasteiger partial charge in [0.1, 0.15) is 5.76 Å². The summed E-state index contributed by atoms with van der Waals surface area (Å²) in [4.78, 5) is 0. The number of rotatable bonds is 5. The summed E-state index contributed by atoms with van der Waals surface area (Å²) in [6.07, 6.45) is 6.71. The topological polar surface area (TPSA) is 25.2 Å². The van der Waals surface area contributed by atoms with E-state index in [9.17, 15) is 0 Å². The van der Waals surface area contributed by atoms with Crippen LogP contribution in [0.15, 0.2) is 34.9 Å². The molecule has 2 nitrogen and oxygen atoms in total. The molecular formula is C17H21NO. The Bertz CT molecular complexity index is 556. The van der Waals surface area contributed by atoms with Gasteiger partial charge in [-0.25, -0.2) is 0 Å². The predicted molar refractivity (Wildman–Crippen MR) is 78.2 cm³/mol. The van der Waals surface area contributed by atoms with Gasteiger partial charge in [0.05, 0.1) is 12.8 Å². The van der Waals surface area contributed by atoms with Crippen molar-refractivity contribution in [3.63, 3.8) is 0 Å². The molecule has 3 rings (SSSR count). The van der Waals surface area contributed by atoms with E-state index in [4.69, 9.17) is 4.42 Å². The number of nitrogens with one attached hydrogen (secondary N) is 1. The van der Waals surface area contributed by atoms with Gasteiger partial charge in [0.15, 0.2) is 0 Å². The van der Waals surface area contributed by atoms with E-state index in [1.54, 1.807) is 6.26 Å². The van der Waals surface area contributed by atoms with E-state index in [0.29, 0.717) is 0 Å². The largest absolute Gasteiger partial charge is 0.467 e. The van der Waals surface area contributed by atoms with E-state index >= 15 is 0 Å². The maximum atomic E-state index is 5.62. The lowest BCUT2D eigenvalue weighted by atomic mass is 10.0. The van der Waals surface area contributed by atoms with Crippen LogP contribution in [-0.2, 0) is 19.4 Å². The molecule has 0 bridgehead atoms. The summed E-state index contributed by atoms with van der Waals surface area (Å²) < 4.78 is 5.62. The number of fused-ring (bicyclic) bond motifs is 1. The first-order valence-electron chi connectivity index (χ1n) is 7.27. The smallest absolute Gasteiger partial charge is 0.125 e. The maximum Gasteiger partial charge on any atom is 0.125 e. The van der Waals surface area contributed by atoms with E-state index in [1.807, 2.05) is 0 Å². The third-order valence-electron chi connectivity index (χ3n) is 3.87.